The van der Waals surface area contributed by atoms with Gasteiger partial charge in [0.2, 0.25) is 0 Å². The van der Waals surface area contributed by atoms with Crippen molar-refractivity contribution in [3.8, 4) is 5.75 Å². The number of aromatic nitrogens is 2. The van der Waals surface area contributed by atoms with Gasteiger partial charge in [-0.2, -0.15) is 0 Å². The van der Waals surface area contributed by atoms with E-state index in [1.165, 1.54) is 0 Å². The van der Waals surface area contributed by atoms with Gasteiger partial charge in [0.15, 0.2) is 0 Å². The molecule has 1 N–H and O–H groups in total. The summed E-state index contributed by atoms with van der Waals surface area (Å²) in [5.74, 6) is 0.794. The highest BCUT2D eigenvalue weighted by atomic mass is 16.5. The molecule has 1 atom stereocenters. The SMILES string of the molecule is OC(Cn1ccnc1)c1ccc(OCc2ccccc2)cc1. The molecule has 0 radical (unpaired) electrons. The molecule has 1 unspecified atom stereocenters. The molecule has 0 fully saturated rings. The zero-order valence-electron chi connectivity index (χ0n) is 12.2. The van der Waals surface area contributed by atoms with Crippen LogP contribution in [0.25, 0.3) is 0 Å². The Balaban J connectivity index is 1.58. The summed E-state index contributed by atoms with van der Waals surface area (Å²) >= 11 is 0. The predicted octanol–water partition coefficient (Wildman–Crippen LogP) is 3.20. The Morgan fingerprint density at radius 2 is 1.82 bits per heavy atom. The van der Waals surface area contributed by atoms with Gasteiger partial charge in [0.05, 0.1) is 19.0 Å². The van der Waals surface area contributed by atoms with Gasteiger partial charge >= 0.3 is 0 Å². The number of nitrogens with zero attached hydrogens (tertiary/aromatic N) is 2. The van der Waals surface area contributed by atoms with Crippen LogP contribution in [0.4, 0.5) is 0 Å². The minimum absolute atomic E-state index is 0.490. The fourth-order valence-electron chi connectivity index (χ4n) is 2.23. The van der Waals surface area contributed by atoms with Crippen LogP contribution >= 0.6 is 0 Å². The number of aliphatic hydroxyl groups is 1. The van der Waals surface area contributed by atoms with E-state index in [2.05, 4.69) is 4.98 Å². The molecule has 3 rings (SSSR count). The van der Waals surface area contributed by atoms with E-state index in [0.29, 0.717) is 13.2 Å². The van der Waals surface area contributed by atoms with Crippen LogP contribution < -0.4 is 4.74 Å². The summed E-state index contributed by atoms with van der Waals surface area (Å²) < 4.78 is 7.59. The lowest BCUT2D eigenvalue weighted by Crippen LogP contribution is -2.07. The number of imidazole rings is 1. The lowest BCUT2D eigenvalue weighted by Gasteiger charge is -2.12. The van der Waals surface area contributed by atoms with Crippen LogP contribution in [0.1, 0.15) is 17.2 Å². The first kappa shape index (κ1) is 14.4. The number of ether oxygens (including phenoxy) is 1. The van der Waals surface area contributed by atoms with E-state index in [-0.39, 0.29) is 0 Å². The minimum Gasteiger partial charge on any atom is -0.489 e. The van der Waals surface area contributed by atoms with Gasteiger partial charge < -0.3 is 14.4 Å². The normalized spacial score (nSPS) is 12.0. The molecule has 0 saturated carbocycles. The lowest BCUT2D eigenvalue weighted by molar-refractivity contribution is 0.156. The minimum atomic E-state index is -0.558. The van der Waals surface area contributed by atoms with Crippen molar-refractivity contribution in [3.63, 3.8) is 0 Å². The van der Waals surface area contributed by atoms with E-state index >= 15 is 0 Å². The summed E-state index contributed by atoms with van der Waals surface area (Å²) in [4.78, 5) is 3.97. The lowest BCUT2D eigenvalue weighted by atomic mass is 10.1. The first-order valence-electron chi connectivity index (χ1n) is 7.22. The zero-order chi connectivity index (χ0) is 15.2. The molecule has 0 spiro atoms. The number of hydrogen-bond donors (Lipinski definition) is 1. The third kappa shape index (κ3) is 3.74. The highest BCUT2D eigenvalue weighted by molar-refractivity contribution is 5.29. The predicted molar refractivity (Wildman–Crippen MR) is 84.4 cm³/mol. The van der Waals surface area contributed by atoms with Crippen LogP contribution in [0, 0.1) is 0 Å². The fourth-order valence-corrected chi connectivity index (χ4v) is 2.23. The van der Waals surface area contributed by atoms with Gasteiger partial charge in [-0.3, -0.25) is 0 Å². The van der Waals surface area contributed by atoms with Gasteiger partial charge in [0.1, 0.15) is 12.4 Å². The van der Waals surface area contributed by atoms with Crippen molar-refractivity contribution in [1.82, 2.24) is 9.55 Å². The Morgan fingerprint density at radius 3 is 2.50 bits per heavy atom. The molecule has 2 aromatic carbocycles. The molecule has 4 heteroatoms. The topological polar surface area (TPSA) is 47.3 Å². The zero-order valence-corrected chi connectivity index (χ0v) is 12.2. The Kier molecular flexibility index (Phi) is 4.51. The van der Waals surface area contributed by atoms with Gasteiger partial charge in [-0.25, -0.2) is 4.98 Å². The summed E-state index contributed by atoms with van der Waals surface area (Å²) in [7, 11) is 0. The van der Waals surface area contributed by atoms with Crippen molar-refractivity contribution in [1.29, 1.82) is 0 Å². The first-order valence-corrected chi connectivity index (χ1v) is 7.22. The van der Waals surface area contributed by atoms with Crippen molar-refractivity contribution in [2.75, 3.05) is 0 Å². The van der Waals surface area contributed by atoms with Crippen LogP contribution in [-0.4, -0.2) is 14.7 Å². The van der Waals surface area contributed by atoms with Crippen LogP contribution in [0.15, 0.2) is 73.3 Å². The fraction of sp³-hybridized carbons (Fsp3) is 0.167. The van der Waals surface area contributed by atoms with E-state index in [4.69, 9.17) is 4.74 Å². The monoisotopic (exact) mass is 294 g/mol. The summed E-state index contributed by atoms with van der Waals surface area (Å²) in [5.41, 5.74) is 1.99. The molecule has 0 aliphatic carbocycles. The highest BCUT2D eigenvalue weighted by Gasteiger charge is 2.08. The third-order valence-corrected chi connectivity index (χ3v) is 3.46. The second-order valence-electron chi connectivity index (χ2n) is 5.12. The summed E-state index contributed by atoms with van der Waals surface area (Å²) in [6.07, 6.45) is 4.67. The average Bonchev–Trinajstić information content (AvgIpc) is 3.07. The van der Waals surface area contributed by atoms with Crippen LogP contribution in [0.3, 0.4) is 0 Å². The molecule has 22 heavy (non-hydrogen) atoms. The van der Waals surface area contributed by atoms with Gasteiger partial charge in [-0.05, 0) is 23.3 Å². The Bertz CT molecular complexity index is 679. The maximum atomic E-state index is 10.2. The molecule has 112 valence electrons. The van der Waals surface area contributed by atoms with Crippen molar-refractivity contribution < 1.29 is 9.84 Å². The molecule has 1 heterocycles. The van der Waals surface area contributed by atoms with Crippen LogP contribution in [0.2, 0.25) is 0 Å². The molecule has 0 aliphatic rings. The summed E-state index contributed by atoms with van der Waals surface area (Å²) in [6.45, 7) is 1.03. The van der Waals surface area contributed by atoms with Crippen molar-refractivity contribution >= 4 is 0 Å². The Hall–Kier alpha value is -2.59. The van der Waals surface area contributed by atoms with Gasteiger partial charge in [0.25, 0.3) is 0 Å². The van der Waals surface area contributed by atoms with E-state index in [0.717, 1.165) is 16.9 Å². The first-order chi connectivity index (χ1) is 10.8. The number of rotatable bonds is 6. The third-order valence-electron chi connectivity index (χ3n) is 3.46. The molecule has 0 amide bonds. The van der Waals surface area contributed by atoms with Crippen molar-refractivity contribution in [3.05, 3.63) is 84.4 Å². The standard InChI is InChI=1S/C18H18N2O2/c21-18(12-20-11-10-19-14-20)16-6-8-17(9-7-16)22-13-15-4-2-1-3-5-15/h1-11,14,18,21H,12-13H2. The second-order valence-corrected chi connectivity index (χ2v) is 5.12. The molecule has 1 aromatic heterocycles. The largest absolute Gasteiger partial charge is 0.489 e. The number of benzene rings is 2. The maximum absolute atomic E-state index is 10.2. The molecular weight excluding hydrogens is 276 g/mol. The maximum Gasteiger partial charge on any atom is 0.119 e. The second kappa shape index (κ2) is 6.91. The van der Waals surface area contributed by atoms with Crippen LogP contribution in [0.5, 0.6) is 5.75 Å². The summed E-state index contributed by atoms with van der Waals surface area (Å²) in [6, 6.07) is 17.6. The van der Waals surface area contributed by atoms with E-state index in [9.17, 15) is 5.11 Å². The van der Waals surface area contributed by atoms with Crippen LogP contribution in [-0.2, 0) is 13.2 Å². The average molecular weight is 294 g/mol. The molecule has 4 nitrogen and oxygen atoms in total. The molecule has 3 aromatic rings. The number of hydrogen-bond acceptors (Lipinski definition) is 3. The molecular formula is C18H18N2O2. The van der Waals surface area contributed by atoms with Gasteiger partial charge in [-0.1, -0.05) is 42.5 Å². The molecule has 0 saturated heterocycles. The van der Waals surface area contributed by atoms with E-state index < -0.39 is 6.10 Å². The smallest absolute Gasteiger partial charge is 0.119 e. The van der Waals surface area contributed by atoms with E-state index in [1.54, 1.807) is 12.5 Å². The summed E-state index contributed by atoms with van der Waals surface area (Å²) in [5, 5.41) is 10.2. The molecule has 0 aliphatic heterocycles. The molecule has 0 bridgehead atoms. The highest BCUT2D eigenvalue weighted by Crippen LogP contribution is 2.20. The number of aliphatic hydroxyl groups excluding tert-OH is 1. The van der Waals surface area contributed by atoms with Crippen molar-refractivity contribution in [2.24, 2.45) is 0 Å². The van der Waals surface area contributed by atoms with Crippen molar-refractivity contribution in [2.45, 2.75) is 19.3 Å². The quantitative estimate of drug-likeness (QED) is 0.759. The van der Waals surface area contributed by atoms with Gasteiger partial charge in [-0.15, -0.1) is 0 Å². The van der Waals surface area contributed by atoms with Gasteiger partial charge in [0, 0.05) is 12.4 Å². The Labute approximate surface area is 129 Å². The Morgan fingerprint density at radius 1 is 1.05 bits per heavy atom. The van der Waals surface area contributed by atoms with E-state index in [1.807, 2.05) is 65.4 Å².